The Morgan fingerprint density at radius 1 is 1.36 bits per heavy atom. The number of benzene rings is 1. The second-order valence-electron chi connectivity index (χ2n) is 3.63. The van der Waals surface area contributed by atoms with E-state index in [0.29, 0.717) is 0 Å². The summed E-state index contributed by atoms with van der Waals surface area (Å²) in [7, 11) is 0. The van der Waals surface area contributed by atoms with Gasteiger partial charge in [0, 0.05) is 6.61 Å². The Morgan fingerprint density at radius 2 is 2.07 bits per heavy atom. The van der Waals surface area contributed by atoms with Gasteiger partial charge in [0.2, 0.25) is 0 Å². The molecular weight excluding hydrogens is 181 g/mol. The summed E-state index contributed by atoms with van der Waals surface area (Å²) in [5, 5.41) is 0. The van der Waals surface area contributed by atoms with Crippen LogP contribution in [0.25, 0.3) is 0 Å². The van der Waals surface area contributed by atoms with Crippen LogP contribution in [-0.2, 0) is 4.74 Å². The molecule has 3 heteroatoms. The minimum atomic E-state index is -0.228. The first-order valence-corrected chi connectivity index (χ1v) is 4.90. The molecule has 2 N–H and O–H groups in total. The third-order valence-corrected chi connectivity index (χ3v) is 2.62. The van der Waals surface area contributed by atoms with Gasteiger partial charge in [-0.15, -0.1) is 0 Å². The van der Waals surface area contributed by atoms with Crippen LogP contribution in [0, 0.1) is 5.82 Å². The summed E-state index contributed by atoms with van der Waals surface area (Å²) in [5.74, 6) is -0.228. The Balaban J connectivity index is 2.09. The predicted octanol–water partition coefficient (Wildman–Crippen LogP) is 2.00. The fourth-order valence-electron chi connectivity index (χ4n) is 1.79. The van der Waals surface area contributed by atoms with Crippen LogP contribution < -0.4 is 5.73 Å². The van der Waals surface area contributed by atoms with Crippen molar-refractivity contribution in [2.75, 3.05) is 6.61 Å². The SMILES string of the molecule is N[C@H](c1ccc(F)cc1)C1CCCO1. The summed E-state index contributed by atoms with van der Waals surface area (Å²) in [6, 6.07) is 6.19. The fraction of sp³-hybridized carbons (Fsp3) is 0.455. The van der Waals surface area contributed by atoms with Gasteiger partial charge in [0.1, 0.15) is 5.82 Å². The third kappa shape index (κ3) is 1.94. The molecule has 2 atom stereocenters. The van der Waals surface area contributed by atoms with E-state index in [1.54, 1.807) is 12.1 Å². The molecule has 0 amide bonds. The quantitative estimate of drug-likeness (QED) is 0.783. The van der Waals surface area contributed by atoms with Crippen molar-refractivity contribution in [3.63, 3.8) is 0 Å². The lowest BCUT2D eigenvalue weighted by Gasteiger charge is -2.18. The summed E-state index contributed by atoms with van der Waals surface area (Å²) in [5.41, 5.74) is 6.95. The average Bonchev–Trinajstić information content (AvgIpc) is 2.71. The molecule has 0 aromatic heterocycles. The van der Waals surface area contributed by atoms with Crippen LogP contribution in [0.3, 0.4) is 0 Å². The molecule has 76 valence electrons. The van der Waals surface area contributed by atoms with Gasteiger partial charge in [-0.25, -0.2) is 4.39 Å². The zero-order valence-electron chi connectivity index (χ0n) is 7.95. The Kier molecular flexibility index (Phi) is 2.79. The van der Waals surface area contributed by atoms with Crippen LogP contribution in [-0.4, -0.2) is 12.7 Å². The zero-order valence-corrected chi connectivity index (χ0v) is 7.95. The average molecular weight is 195 g/mol. The highest BCUT2D eigenvalue weighted by atomic mass is 19.1. The van der Waals surface area contributed by atoms with E-state index in [1.807, 2.05) is 0 Å². The largest absolute Gasteiger partial charge is 0.376 e. The molecule has 1 heterocycles. The second-order valence-corrected chi connectivity index (χ2v) is 3.63. The van der Waals surface area contributed by atoms with Crippen molar-refractivity contribution in [1.29, 1.82) is 0 Å². The molecular formula is C11H14FNO. The van der Waals surface area contributed by atoms with Crippen LogP contribution in [0.15, 0.2) is 24.3 Å². The number of hydrogen-bond acceptors (Lipinski definition) is 2. The molecule has 0 bridgehead atoms. The van der Waals surface area contributed by atoms with Crippen molar-refractivity contribution in [3.8, 4) is 0 Å². The van der Waals surface area contributed by atoms with Gasteiger partial charge in [0.15, 0.2) is 0 Å². The Morgan fingerprint density at radius 3 is 2.64 bits per heavy atom. The van der Waals surface area contributed by atoms with Crippen LogP contribution in [0.5, 0.6) is 0 Å². The molecule has 1 aliphatic heterocycles. The Hall–Kier alpha value is -0.930. The first-order valence-electron chi connectivity index (χ1n) is 4.90. The molecule has 1 fully saturated rings. The highest BCUT2D eigenvalue weighted by Crippen LogP contribution is 2.24. The van der Waals surface area contributed by atoms with Gasteiger partial charge >= 0.3 is 0 Å². The molecule has 2 rings (SSSR count). The highest BCUT2D eigenvalue weighted by molar-refractivity contribution is 5.20. The maximum Gasteiger partial charge on any atom is 0.123 e. The van der Waals surface area contributed by atoms with Crippen molar-refractivity contribution in [3.05, 3.63) is 35.6 Å². The summed E-state index contributed by atoms with van der Waals surface area (Å²) < 4.78 is 18.1. The van der Waals surface area contributed by atoms with E-state index < -0.39 is 0 Å². The number of nitrogens with two attached hydrogens (primary N) is 1. The summed E-state index contributed by atoms with van der Waals surface area (Å²) >= 11 is 0. The molecule has 1 aromatic rings. The van der Waals surface area contributed by atoms with Crippen molar-refractivity contribution in [2.24, 2.45) is 5.73 Å². The fourth-order valence-corrected chi connectivity index (χ4v) is 1.79. The van der Waals surface area contributed by atoms with Gasteiger partial charge in [-0.2, -0.15) is 0 Å². The molecule has 1 saturated heterocycles. The molecule has 1 unspecified atom stereocenters. The van der Waals surface area contributed by atoms with E-state index in [4.69, 9.17) is 10.5 Å². The number of ether oxygens (including phenoxy) is 1. The monoisotopic (exact) mass is 195 g/mol. The summed E-state index contributed by atoms with van der Waals surface area (Å²) in [6.45, 7) is 0.791. The number of hydrogen-bond donors (Lipinski definition) is 1. The maximum absolute atomic E-state index is 12.7. The van der Waals surface area contributed by atoms with Crippen LogP contribution in [0.2, 0.25) is 0 Å². The Bertz CT molecular complexity index is 293. The van der Waals surface area contributed by atoms with Crippen molar-refractivity contribution >= 4 is 0 Å². The molecule has 1 aromatic carbocycles. The van der Waals surface area contributed by atoms with Gasteiger partial charge in [-0.3, -0.25) is 0 Å². The topological polar surface area (TPSA) is 35.2 Å². The van der Waals surface area contributed by atoms with Crippen LogP contribution in [0.1, 0.15) is 24.4 Å². The summed E-state index contributed by atoms with van der Waals surface area (Å²) in [4.78, 5) is 0. The van der Waals surface area contributed by atoms with E-state index in [9.17, 15) is 4.39 Å². The van der Waals surface area contributed by atoms with E-state index in [1.165, 1.54) is 12.1 Å². The third-order valence-electron chi connectivity index (χ3n) is 2.62. The molecule has 14 heavy (non-hydrogen) atoms. The van der Waals surface area contributed by atoms with E-state index in [-0.39, 0.29) is 18.0 Å². The standard InChI is InChI=1S/C11H14FNO/c12-9-5-3-8(4-6-9)11(13)10-2-1-7-14-10/h3-6,10-11H,1-2,7,13H2/t10?,11-/m1/s1. The van der Waals surface area contributed by atoms with Crippen molar-refractivity contribution in [1.82, 2.24) is 0 Å². The number of halogens is 1. The lowest BCUT2D eigenvalue weighted by atomic mass is 10.0. The molecule has 0 aliphatic carbocycles. The lowest BCUT2D eigenvalue weighted by Crippen LogP contribution is -2.25. The van der Waals surface area contributed by atoms with Gasteiger partial charge < -0.3 is 10.5 Å². The lowest BCUT2D eigenvalue weighted by molar-refractivity contribution is 0.0900. The van der Waals surface area contributed by atoms with Gasteiger partial charge in [-0.05, 0) is 30.5 Å². The van der Waals surface area contributed by atoms with Gasteiger partial charge in [0.05, 0.1) is 12.1 Å². The highest BCUT2D eigenvalue weighted by Gasteiger charge is 2.23. The van der Waals surface area contributed by atoms with E-state index in [2.05, 4.69) is 0 Å². The van der Waals surface area contributed by atoms with Gasteiger partial charge in [-0.1, -0.05) is 12.1 Å². The second kappa shape index (κ2) is 4.07. The molecule has 0 radical (unpaired) electrons. The van der Waals surface area contributed by atoms with Gasteiger partial charge in [0.25, 0.3) is 0 Å². The normalized spacial score (nSPS) is 23.7. The molecule has 0 spiro atoms. The van der Waals surface area contributed by atoms with E-state index in [0.717, 1.165) is 25.0 Å². The molecule has 0 saturated carbocycles. The first kappa shape index (κ1) is 9.62. The van der Waals surface area contributed by atoms with E-state index >= 15 is 0 Å². The van der Waals surface area contributed by atoms with Crippen molar-refractivity contribution in [2.45, 2.75) is 25.0 Å². The maximum atomic E-state index is 12.7. The summed E-state index contributed by atoms with van der Waals surface area (Å²) in [6.07, 6.45) is 2.17. The minimum Gasteiger partial charge on any atom is -0.376 e. The van der Waals surface area contributed by atoms with Crippen molar-refractivity contribution < 1.29 is 9.13 Å². The first-order chi connectivity index (χ1) is 6.77. The zero-order chi connectivity index (χ0) is 9.97. The van der Waals surface area contributed by atoms with Crippen LogP contribution >= 0.6 is 0 Å². The Labute approximate surface area is 82.9 Å². The minimum absolute atomic E-state index is 0.0976. The predicted molar refractivity (Wildman–Crippen MR) is 52.3 cm³/mol. The smallest absolute Gasteiger partial charge is 0.123 e. The van der Waals surface area contributed by atoms with Crippen LogP contribution in [0.4, 0.5) is 4.39 Å². The molecule has 2 nitrogen and oxygen atoms in total. The molecule has 1 aliphatic rings. The number of rotatable bonds is 2.